The molecule has 0 radical (unpaired) electrons. The van der Waals surface area contributed by atoms with Crippen molar-refractivity contribution >= 4 is 5.91 Å². The van der Waals surface area contributed by atoms with Crippen LogP contribution in [0.4, 0.5) is 0 Å². The van der Waals surface area contributed by atoms with Crippen molar-refractivity contribution in [3.05, 3.63) is 47.3 Å². The van der Waals surface area contributed by atoms with Crippen LogP contribution in [0.1, 0.15) is 41.4 Å². The molecule has 1 saturated heterocycles. The summed E-state index contributed by atoms with van der Waals surface area (Å²) in [5.41, 5.74) is 2.87. The second-order valence-corrected chi connectivity index (χ2v) is 6.85. The SMILES string of the molecule is CCn1ncc(C(=O)N2CCC[C@@H](COc3cccc(C)c3)C2)c1C. The topological polar surface area (TPSA) is 47.4 Å². The summed E-state index contributed by atoms with van der Waals surface area (Å²) in [6.45, 7) is 9.07. The zero-order valence-corrected chi connectivity index (χ0v) is 15.4. The van der Waals surface area contributed by atoms with Crippen LogP contribution in [-0.4, -0.2) is 40.3 Å². The predicted molar refractivity (Wildman–Crippen MR) is 97.9 cm³/mol. The normalized spacial score (nSPS) is 17.6. The van der Waals surface area contributed by atoms with Gasteiger partial charge in [-0.3, -0.25) is 9.48 Å². The van der Waals surface area contributed by atoms with E-state index in [-0.39, 0.29) is 5.91 Å². The van der Waals surface area contributed by atoms with Crippen molar-refractivity contribution in [2.24, 2.45) is 5.92 Å². The number of likely N-dealkylation sites (tertiary alicyclic amines) is 1. The Morgan fingerprint density at radius 1 is 1.36 bits per heavy atom. The Morgan fingerprint density at radius 3 is 2.92 bits per heavy atom. The van der Waals surface area contributed by atoms with E-state index in [1.807, 2.05) is 41.6 Å². The zero-order chi connectivity index (χ0) is 17.8. The number of hydrogen-bond acceptors (Lipinski definition) is 3. The largest absolute Gasteiger partial charge is 0.493 e. The molecule has 25 heavy (non-hydrogen) atoms. The molecule has 1 aliphatic rings. The molecule has 2 aromatic rings. The molecule has 5 nitrogen and oxygen atoms in total. The first kappa shape index (κ1) is 17.5. The Bertz CT molecular complexity index is 738. The molecule has 0 aliphatic carbocycles. The van der Waals surface area contributed by atoms with E-state index in [1.165, 1.54) is 5.56 Å². The predicted octanol–water partition coefficient (Wildman–Crippen LogP) is 3.45. The van der Waals surface area contributed by atoms with Crippen LogP contribution in [0.3, 0.4) is 0 Å². The minimum absolute atomic E-state index is 0.0949. The van der Waals surface area contributed by atoms with Crippen molar-refractivity contribution in [2.75, 3.05) is 19.7 Å². The zero-order valence-electron chi connectivity index (χ0n) is 15.4. The fourth-order valence-corrected chi connectivity index (χ4v) is 3.45. The molecule has 1 aromatic heterocycles. The van der Waals surface area contributed by atoms with Crippen LogP contribution in [0.2, 0.25) is 0 Å². The van der Waals surface area contributed by atoms with Crippen molar-refractivity contribution in [2.45, 2.75) is 40.2 Å². The van der Waals surface area contributed by atoms with Gasteiger partial charge in [-0.1, -0.05) is 12.1 Å². The maximum absolute atomic E-state index is 12.8. The average Bonchev–Trinajstić information content (AvgIpc) is 3.00. The van der Waals surface area contributed by atoms with Crippen LogP contribution in [-0.2, 0) is 6.54 Å². The maximum Gasteiger partial charge on any atom is 0.257 e. The number of carbonyl (C=O) groups is 1. The van der Waals surface area contributed by atoms with E-state index in [4.69, 9.17) is 4.74 Å². The molecule has 1 fully saturated rings. The molecule has 3 rings (SSSR count). The lowest BCUT2D eigenvalue weighted by Gasteiger charge is -2.32. The summed E-state index contributed by atoms with van der Waals surface area (Å²) in [4.78, 5) is 14.8. The second-order valence-electron chi connectivity index (χ2n) is 6.85. The van der Waals surface area contributed by atoms with Crippen molar-refractivity contribution in [3.8, 4) is 5.75 Å². The van der Waals surface area contributed by atoms with Gasteiger partial charge in [0.25, 0.3) is 5.91 Å². The lowest BCUT2D eigenvalue weighted by atomic mass is 9.98. The summed E-state index contributed by atoms with van der Waals surface area (Å²) < 4.78 is 7.82. The fourth-order valence-electron chi connectivity index (χ4n) is 3.45. The molecular formula is C20H27N3O2. The second kappa shape index (κ2) is 7.72. The molecule has 0 N–H and O–H groups in total. The standard InChI is InChI=1S/C20H27N3O2/c1-4-23-16(3)19(12-21-23)20(24)22-10-6-8-17(13-22)14-25-18-9-5-7-15(2)11-18/h5,7,9,11-12,17H,4,6,8,10,13-14H2,1-3H3/t17-/m1/s1. The van der Waals surface area contributed by atoms with Gasteiger partial charge < -0.3 is 9.64 Å². The lowest BCUT2D eigenvalue weighted by Crippen LogP contribution is -2.41. The Labute approximate surface area is 149 Å². The number of rotatable bonds is 5. The Morgan fingerprint density at radius 2 is 2.20 bits per heavy atom. The number of carbonyl (C=O) groups excluding carboxylic acids is 1. The highest BCUT2D eigenvalue weighted by Gasteiger charge is 2.27. The highest BCUT2D eigenvalue weighted by molar-refractivity contribution is 5.95. The first-order chi connectivity index (χ1) is 12.1. The highest BCUT2D eigenvalue weighted by atomic mass is 16.5. The number of amides is 1. The monoisotopic (exact) mass is 341 g/mol. The van der Waals surface area contributed by atoms with E-state index >= 15 is 0 Å². The van der Waals surface area contributed by atoms with Crippen molar-refractivity contribution in [3.63, 3.8) is 0 Å². The number of benzene rings is 1. The lowest BCUT2D eigenvalue weighted by molar-refractivity contribution is 0.0632. The summed E-state index contributed by atoms with van der Waals surface area (Å²) in [5, 5.41) is 4.30. The van der Waals surface area contributed by atoms with E-state index in [0.717, 1.165) is 49.5 Å². The molecule has 0 spiro atoms. The van der Waals surface area contributed by atoms with Gasteiger partial charge in [0, 0.05) is 31.2 Å². The third-order valence-corrected chi connectivity index (χ3v) is 4.91. The molecule has 0 saturated carbocycles. The van der Waals surface area contributed by atoms with Gasteiger partial charge in [0.05, 0.1) is 18.4 Å². The summed E-state index contributed by atoms with van der Waals surface area (Å²) in [7, 11) is 0. The number of hydrogen-bond donors (Lipinski definition) is 0. The van der Waals surface area contributed by atoms with Gasteiger partial charge in [0.15, 0.2) is 0 Å². The highest BCUT2D eigenvalue weighted by Crippen LogP contribution is 2.22. The van der Waals surface area contributed by atoms with E-state index in [1.54, 1.807) is 6.20 Å². The van der Waals surface area contributed by atoms with Crippen LogP contribution in [0.25, 0.3) is 0 Å². The van der Waals surface area contributed by atoms with Gasteiger partial charge in [-0.2, -0.15) is 5.10 Å². The van der Waals surface area contributed by atoms with Crippen molar-refractivity contribution in [1.82, 2.24) is 14.7 Å². The van der Waals surface area contributed by atoms with E-state index in [2.05, 4.69) is 18.1 Å². The van der Waals surface area contributed by atoms with Gasteiger partial charge in [-0.25, -0.2) is 0 Å². The van der Waals surface area contributed by atoms with E-state index in [0.29, 0.717) is 12.5 Å². The van der Waals surface area contributed by atoms with Crippen LogP contribution in [0.15, 0.2) is 30.5 Å². The molecule has 0 bridgehead atoms. The number of ether oxygens (including phenoxy) is 1. The summed E-state index contributed by atoms with van der Waals surface area (Å²) in [6, 6.07) is 8.11. The molecular weight excluding hydrogens is 314 g/mol. The van der Waals surface area contributed by atoms with Crippen molar-refractivity contribution < 1.29 is 9.53 Å². The molecule has 1 aromatic carbocycles. The smallest absolute Gasteiger partial charge is 0.257 e. The van der Waals surface area contributed by atoms with Crippen LogP contribution >= 0.6 is 0 Å². The molecule has 5 heteroatoms. The van der Waals surface area contributed by atoms with Gasteiger partial charge in [-0.15, -0.1) is 0 Å². The molecule has 134 valence electrons. The van der Waals surface area contributed by atoms with E-state index in [9.17, 15) is 4.79 Å². The number of aryl methyl sites for hydroxylation is 2. The van der Waals surface area contributed by atoms with Gasteiger partial charge in [0.2, 0.25) is 0 Å². The third kappa shape index (κ3) is 4.03. The molecule has 2 heterocycles. The van der Waals surface area contributed by atoms with Crippen LogP contribution in [0.5, 0.6) is 5.75 Å². The minimum atomic E-state index is 0.0949. The first-order valence-corrected chi connectivity index (χ1v) is 9.09. The van der Waals surface area contributed by atoms with Crippen LogP contribution in [0, 0.1) is 19.8 Å². The number of nitrogens with zero attached hydrogens (tertiary/aromatic N) is 3. The fraction of sp³-hybridized carbons (Fsp3) is 0.500. The van der Waals surface area contributed by atoms with Gasteiger partial charge in [0.1, 0.15) is 5.75 Å². The third-order valence-electron chi connectivity index (χ3n) is 4.91. The Hall–Kier alpha value is -2.30. The summed E-state index contributed by atoms with van der Waals surface area (Å²) >= 11 is 0. The molecule has 1 amide bonds. The molecule has 1 aliphatic heterocycles. The summed E-state index contributed by atoms with van der Waals surface area (Å²) in [6.07, 6.45) is 3.82. The van der Waals surface area contributed by atoms with Gasteiger partial charge >= 0.3 is 0 Å². The first-order valence-electron chi connectivity index (χ1n) is 9.09. The number of aromatic nitrogens is 2. The minimum Gasteiger partial charge on any atom is -0.493 e. The van der Waals surface area contributed by atoms with Crippen LogP contribution < -0.4 is 4.74 Å². The molecule has 1 atom stereocenters. The van der Waals surface area contributed by atoms with Gasteiger partial charge in [-0.05, 0) is 51.3 Å². The van der Waals surface area contributed by atoms with E-state index < -0.39 is 0 Å². The maximum atomic E-state index is 12.8. The number of piperidine rings is 1. The Kier molecular flexibility index (Phi) is 5.41. The summed E-state index contributed by atoms with van der Waals surface area (Å²) in [5.74, 6) is 1.38. The average molecular weight is 341 g/mol. The van der Waals surface area contributed by atoms with Crippen molar-refractivity contribution in [1.29, 1.82) is 0 Å². The molecule has 0 unspecified atom stereocenters. The quantitative estimate of drug-likeness (QED) is 0.837. The Balaban J connectivity index is 1.60.